The van der Waals surface area contributed by atoms with Crippen LogP contribution in [0.2, 0.25) is 0 Å². The second kappa shape index (κ2) is 7.46. The minimum absolute atomic E-state index is 0.237. The molecule has 0 saturated carbocycles. The van der Waals surface area contributed by atoms with E-state index in [0.717, 1.165) is 11.1 Å². The van der Waals surface area contributed by atoms with Gasteiger partial charge in [-0.05, 0) is 37.6 Å². The molecule has 0 spiro atoms. The van der Waals surface area contributed by atoms with E-state index in [9.17, 15) is 8.42 Å². The van der Waals surface area contributed by atoms with Gasteiger partial charge in [0.1, 0.15) is 4.90 Å². The van der Waals surface area contributed by atoms with Crippen LogP contribution in [-0.4, -0.2) is 25.6 Å². The van der Waals surface area contributed by atoms with E-state index in [1.54, 1.807) is 26.1 Å². The molecule has 0 fully saturated rings. The number of benzene rings is 2. The second-order valence-electron chi connectivity index (χ2n) is 6.63. The van der Waals surface area contributed by atoms with Gasteiger partial charge in [0.05, 0.1) is 10.6 Å². The number of aromatic nitrogens is 2. The van der Waals surface area contributed by atoms with Gasteiger partial charge in [-0.1, -0.05) is 47.6 Å². The quantitative estimate of drug-likeness (QED) is 0.454. The lowest BCUT2D eigenvalue weighted by Gasteiger charge is -2.19. The van der Waals surface area contributed by atoms with Crippen LogP contribution in [0, 0.1) is 13.8 Å². The van der Waals surface area contributed by atoms with Gasteiger partial charge in [-0.25, -0.2) is 8.42 Å². The zero-order chi connectivity index (χ0) is 20.6. The van der Waals surface area contributed by atoms with Crippen molar-refractivity contribution in [2.75, 3.05) is 11.4 Å². The summed E-state index contributed by atoms with van der Waals surface area (Å²) in [5, 5.41) is 4.02. The Labute approximate surface area is 173 Å². The lowest BCUT2D eigenvalue weighted by atomic mass is 10.2. The Balaban J connectivity index is 1.69. The summed E-state index contributed by atoms with van der Waals surface area (Å²) in [4.78, 5) is 5.95. The van der Waals surface area contributed by atoms with Gasteiger partial charge in [0.15, 0.2) is 0 Å². The molecule has 148 valence electrons. The number of aryl methyl sites for hydroxylation is 2. The predicted molar refractivity (Wildman–Crippen MR) is 115 cm³/mol. The van der Waals surface area contributed by atoms with Gasteiger partial charge >= 0.3 is 0 Å². The molecule has 6 nitrogen and oxygen atoms in total. The van der Waals surface area contributed by atoms with Crippen molar-refractivity contribution >= 4 is 27.0 Å². The Morgan fingerprint density at radius 1 is 1.00 bits per heavy atom. The third-order valence-electron chi connectivity index (χ3n) is 4.54. The molecule has 4 aromatic rings. The number of sulfonamides is 1. The topological polar surface area (TPSA) is 76.3 Å². The summed E-state index contributed by atoms with van der Waals surface area (Å²) in [5.74, 6) is 0.768. The summed E-state index contributed by atoms with van der Waals surface area (Å²) in [5.41, 5.74) is 2.44. The first-order chi connectivity index (χ1) is 13.9. The standard InChI is InChI=1S/C21H19N3O3S2/c1-14-8-7-11-17(12-14)24(3)29(25,26)19-13-18(28-15(19)2)21-22-20(23-27-21)16-9-5-4-6-10-16/h4-13H,1-3H3. The van der Waals surface area contributed by atoms with E-state index in [4.69, 9.17) is 4.52 Å². The molecule has 0 aliphatic rings. The average Bonchev–Trinajstić information content (AvgIpc) is 3.35. The highest BCUT2D eigenvalue weighted by Gasteiger charge is 2.27. The van der Waals surface area contributed by atoms with Crippen molar-refractivity contribution in [2.45, 2.75) is 18.7 Å². The van der Waals surface area contributed by atoms with Crippen LogP contribution in [0.5, 0.6) is 0 Å². The maximum atomic E-state index is 13.2. The summed E-state index contributed by atoms with van der Waals surface area (Å²) in [6.45, 7) is 3.71. The molecule has 0 saturated heterocycles. The lowest BCUT2D eigenvalue weighted by molar-refractivity contribution is 0.433. The summed E-state index contributed by atoms with van der Waals surface area (Å²) in [7, 11) is -2.16. The van der Waals surface area contributed by atoms with E-state index in [0.29, 0.717) is 27.2 Å². The molecule has 0 atom stereocenters. The highest BCUT2D eigenvalue weighted by molar-refractivity contribution is 7.93. The van der Waals surface area contributed by atoms with E-state index in [-0.39, 0.29) is 4.90 Å². The number of hydrogen-bond donors (Lipinski definition) is 0. The molecule has 4 rings (SSSR count). The summed E-state index contributed by atoms with van der Waals surface area (Å²) >= 11 is 1.32. The van der Waals surface area contributed by atoms with Gasteiger partial charge in [0, 0.05) is 17.5 Å². The minimum atomic E-state index is -3.72. The Kier molecular flexibility index (Phi) is 4.97. The largest absolute Gasteiger partial charge is 0.333 e. The van der Waals surface area contributed by atoms with Crippen LogP contribution in [0.25, 0.3) is 22.2 Å². The maximum absolute atomic E-state index is 13.2. The smallest absolute Gasteiger partial charge is 0.268 e. The lowest BCUT2D eigenvalue weighted by Crippen LogP contribution is -2.26. The fourth-order valence-corrected chi connectivity index (χ4v) is 5.63. The van der Waals surface area contributed by atoms with E-state index < -0.39 is 10.0 Å². The third-order valence-corrected chi connectivity index (χ3v) is 7.62. The van der Waals surface area contributed by atoms with Gasteiger partial charge in [-0.15, -0.1) is 11.3 Å². The van der Waals surface area contributed by atoms with Crippen LogP contribution in [0.1, 0.15) is 10.4 Å². The SMILES string of the molecule is Cc1cccc(N(C)S(=O)(=O)c2cc(-c3nc(-c4ccccc4)no3)sc2C)c1. The van der Waals surface area contributed by atoms with Gasteiger partial charge < -0.3 is 4.52 Å². The fraction of sp³-hybridized carbons (Fsp3) is 0.143. The van der Waals surface area contributed by atoms with Crippen molar-refractivity contribution < 1.29 is 12.9 Å². The molecule has 0 bridgehead atoms. The zero-order valence-electron chi connectivity index (χ0n) is 16.2. The van der Waals surface area contributed by atoms with Crippen LogP contribution < -0.4 is 4.31 Å². The van der Waals surface area contributed by atoms with Crippen molar-refractivity contribution in [1.29, 1.82) is 0 Å². The fourth-order valence-electron chi connectivity index (χ4n) is 2.97. The Morgan fingerprint density at radius 3 is 2.48 bits per heavy atom. The van der Waals surface area contributed by atoms with Crippen LogP contribution in [0.3, 0.4) is 0 Å². The molecule has 0 radical (unpaired) electrons. The van der Waals surface area contributed by atoms with Crippen LogP contribution >= 0.6 is 11.3 Å². The maximum Gasteiger partial charge on any atom is 0.268 e. The van der Waals surface area contributed by atoms with Crippen LogP contribution in [0.4, 0.5) is 5.69 Å². The molecule has 29 heavy (non-hydrogen) atoms. The first kappa shape index (κ1) is 19.4. The van der Waals surface area contributed by atoms with Crippen molar-refractivity contribution in [2.24, 2.45) is 0 Å². The molecule has 0 aliphatic carbocycles. The third kappa shape index (κ3) is 3.68. The Bertz CT molecular complexity index is 1260. The molecular formula is C21H19N3O3S2. The molecule has 0 unspecified atom stereocenters. The summed E-state index contributed by atoms with van der Waals surface area (Å²) in [6, 6.07) is 18.5. The number of rotatable bonds is 5. The van der Waals surface area contributed by atoms with Crippen LogP contribution in [0.15, 0.2) is 70.1 Å². The van der Waals surface area contributed by atoms with Crippen molar-refractivity contribution in [3.8, 4) is 22.2 Å². The second-order valence-corrected chi connectivity index (χ2v) is 9.83. The van der Waals surface area contributed by atoms with Crippen molar-refractivity contribution in [3.05, 3.63) is 71.1 Å². The van der Waals surface area contributed by atoms with Gasteiger partial charge in [0.2, 0.25) is 5.82 Å². The molecule has 0 aliphatic heterocycles. The highest BCUT2D eigenvalue weighted by atomic mass is 32.2. The molecule has 2 heterocycles. The summed E-state index contributed by atoms with van der Waals surface area (Å²) in [6.07, 6.45) is 0. The van der Waals surface area contributed by atoms with E-state index >= 15 is 0 Å². The molecule has 8 heteroatoms. The van der Waals surface area contributed by atoms with E-state index in [1.807, 2.05) is 55.5 Å². The molecule has 0 amide bonds. The summed E-state index contributed by atoms with van der Waals surface area (Å²) < 4.78 is 33.1. The number of anilines is 1. The highest BCUT2D eigenvalue weighted by Crippen LogP contribution is 2.35. The normalized spacial score (nSPS) is 11.6. The molecule has 2 aromatic carbocycles. The predicted octanol–water partition coefficient (Wildman–Crippen LogP) is 4.91. The Morgan fingerprint density at radius 2 is 1.76 bits per heavy atom. The van der Waals surface area contributed by atoms with E-state index in [1.165, 1.54) is 15.6 Å². The van der Waals surface area contributed by atoms with Gasteiger partial charge in [-0.2, -0.15) is 4.98 Å². The zero-order valence-corrected chi connectivity index (χ0v) is 17.8. The number of thiophene rings is 1. The molecule has 0 N–H and O–H groups in total. The first-order valence-electron chi connectivity index (χ1n) is 8.92. The molecular weight excluding hydrogens is 406 g/mol. The molecule has 2 aromatic heterocycles. The Hall–Kier alpha value is -2.97. The monoisotopic (exact) mass is 425 g/mol. The van der Waals surface area contributed by atoms with Crippen molar-refractivity contribution in [3.63, 3.8) is 0 Å². The van der Waals surface area contributed by atoms with Crippen LogP contribution in [-0.2, 0) is 10.0 Å². The van der Waals surface area contributed by atoms with Crippen molar-refractivity contribution in [1.82, 2.24) is 10.1 Å². The van der Waals surface area contributed by atoms with E-state index in [2.05, 4.69) is 10.1 Å². The first-order valence-corrected chi connectivity index (χ1v) is 11.2. The number of nitrogens with zero attached hydrogens (tertiary/aromatic N) is 3. The van der Waals surface area contributed by atoms with Gasteiger partial charge in [0.25, 0.3) is 15.9 Å². The van der Waals surface area contributed by atoms with Gasteiger partial charge in [-0.3, -0.25) is 4.31 Å². The number of hydrogen-bond acceptors (Lipinski definition) is 6. The minimum Gasteiger partial charge on any atom is -0.333 e. The average molecular weight is 426 g/mol.